The van der Waals surface area contributed by atoms with Crippen molar-refractivity contribution in [2.45, 2.75) is 6.04 Å². The number of benzene rings is 1. The monoisotopic (exact) mass is 259 g/mol. The lowest BCUT2D eigenvalue weighted by molar-refractivity contribution is -0.139. The highest BCUT2D eigenvalue weighted by atomic mass is 16.4. The average molecular weight is 259 g/mol. The van der Waals surface area contributed by atoms with Crippen molar-refractivity contribution in [3.63, 3.8) is 0 Å². The van der Waals surface area contributed by atoms with Crippen LogP contribution >= 0.6 is 0 Å². The van der Waals surface area contributed by atoms with Gasteiger partial charge in [-0.25, -0.2) is 0 Å². The standard InChI is InChI=1S/C9H7N.C5H10N2O2/c1-2-6-9-8(4-1)5-3-7-10-9;8-5(9)4-3-6-1-2-7-4/h1-7H;4,6-7H,1-3H2,(H,8,9). The molecule has 1 aliphatic heterocycles. The number of para-hydroxylation sites is 1. The Morgan fingerprint density at radius 3 is 2.63 bits per heavy atom. The Balaban J connectivity index is 0.000000141. The summed E-state index contributed by atoms with van der Waals surface area (Å²) in [5.41, 5.74) is 1.06. The Morgan fingerprint density at radius 2 is 2.00 bits per heavy atom. The van der Waals surface area contributed by atoms with E-state index < -0.39 is 12.0 Å². The molecule has 0 saturated carbocycles. The predicted octanol–water partition coefficient (Wildman–Crippen LogP) is 0.867. The molecule has 1 aromatic carbocycles. The van der Waals surface area contributed by atoms with Gasteiger partial charge >= 0.3 is 5.97 Å². The van der Waals surface area contributed by atoms with Gasteiger partial charge in [0.25, 0.3) is 0 Å². The van der Waals surface area contributed by atoms with Gasteiger partial charge in [-0.05, 0) is 12.1 Å². The van der Waals surface area contributed by atoms with Crippen LogP contribution < -0.4 is 10.6 Å². The van der Waals surface area contributed by atoms with E-state index >= 15 is 0 Å². The number of aromatic nitrogens is 1. The van der Waals surface area contributed by atoms with E-state index in [4.69, 9.17) is 5.11 Å². The summed E-state index contributed by atoms with van der Waals surface area (Å²) < 4.78 is 0. The molecule has 0 bridgehead atoms. The van der Waals surface area contributed by atoms with E-state index in [9.17, 15) is 4.79 Å². The van der Waals surface area contributed by atoms with Crippen LogP contribution in [0, 0.1) is 0 Å². The number of carbonyl (C=O) groups is 1. The number of fused-ring (bicyclic) bond motifs is 1. The molecule has 100 valence electrons. The molecule has 1 aliphatic rings. The minimum absolute atomic E-state index is 0.390. The molecule has 1 aromatic heterocycles. The summed E-state index contributed by atoms with van der Waals surface area (Å²) in [6, 6.07) is 11.7. The molecular formula is C14H17N3O2. The Bertz CT molecular complexity index is 473. The maximum Gasteiger partial charge on any atom is 0.322 e. The summed E-state index contributed by atoms with van der Waals surface area (Å²) >= 11 is 0. The molecule has 2 heterocycles. The van der Waals surface area contributed by atoms with Gasteiger partial charge in [-0.1, -0.05) is 24.3 Å². The normalized spacial score (nSPS) is 18.4. The van der Waals surface area contributed by atoms with Crippen molar-refractivity contribution in [2.24, 2.45) is 0 Å². The van der Waals surface area contributed by atoms with Gasteiger partial charge in [-0.3, -0.25) is 9.78 Å². The van der Waals surface area contributed by atoms with Crippen LogP contribution in [0.5, 0.6) is 0 Å². The van der Waals surface area contributed by atoms with Crippen LogP contribution in [0.2, 0.25) is 0 Å². The zero-order valence-corrected chi connectivity index (χ0v) is 10.5. The van der Waals surface area contributed by atoms with Crippen molar-refractivity contribution in [2.75, 3.05) is 19.6 Å². The Kier molecular flexibility index (Phi) is 4.83. The number of hydrogen-bond donors (Lipinski definition) is 3. The maximum atomic E-state index is 10.3. The van der Waals surface area contributed by atoms with E-state index in [2.05, 4.69) is 27.8 Å². The number of aliphatic carboxylic acids is 1. The van der Waals surface area contributed by atoms with Crippen molar-refractivity contribution in [1.82, 2.24) is 15.6 Å². The molecule has 2 aromatic rings. The average Bonchev–Trinajstić information content (AvgIpc) is 2.49. The molecule has 19 heavy (non-hydrogen) atoms. The largest absolute Gasteiger partial charge is 0.480 e. The highest BCUT2D eigenvalue weighted by molar-refractivity contribution is 5.77. The zero-order valence-electron chi connectivity index (χ0n) is 10.5. The number of nitrogens with zero attached hydrogens (tertiary/aromatic N) is 1. The van der Waals surface area contributed by atoms with Crippen molar-refractivity contribution in [1.29, 1.82) is 0 Å². The lowest BCUT2D eigenvalue weighted by atomic mass is 10.2. The molecule has 1 fully saturated rings. The molecule has 1 atom stereocenters. The molecule has 5 nitrogen and oxygen atoms in total. The quantitative estimate of drug-likeness (QED) is 0.708. The molecule has 0 radical (unpaired) electrons. The fraction of sp³-hybridized carbons (Fsp3) is 0.286. The smallest absolute Gasteiger partial charge is 0.322 e. The minimum atomic E-state index is -0.776. The first-order chi connectivity index (χ1) is 9.27. The minimum Gasteiger partial charge on any atom is -0.480 e. The second-order valence-electron chi connectivity index (χ2n) is 4.25. The number of carboxylic acids is 1. The first-order valence-corrected chi connectivity index (χ1v) is 6.24. The van der Waals surface area contributed by atoms with Crippen molar-refractivity contribution in [3.8, 4) is 0 Å². The van der Waals surface area contributed by atoms with Crippen LogP contribution in [-0.2, 0) is 4.79 Å². The highest BCUT2D eigenvalue weighted by Gasteiger charge is 2.18. The van der Waals surface area contributed by atoms with E-state index in [-0.39, 0.29) is 0 Å². The Hall–Kier alpha value is -1.98. The maximum absolute atomic E-state index is 10.3. The lowest BCUT2D eigenvalue weighted by Crippen LogP contribution is -2.52. The first kappa shape index (κ1) is 13.5. The van der Waals surface area contributed by atoms with Gasteiger partial charge in [-0.2, -0.15) is 0 Å². The number of pyridine rings is 1. The molecule has 3 N–H and O–H groups in total. The zero-order chi connectivity index (χ0) is 13.5. The molecule has 0 aliphatic carbocycles. The van der Waals surface area contributed by atoms with Crippen molar-refractivity contribution < 1.29 is 9.90 Å². The SMILES string of the molecule is O=C(O)C1CNCCN1.c1ccc2ncccc2c1. The number of rotatable bonds is 1. The number of nitrogens with one attached hydrogen (secondary N) is 2. The van der Waals surface area contributed by atoms with Crippen LogP contribution in [0.3, 0.4) is 0 Å². The summed E-state index contributed by atoms with van der Waals surface area (Å²) in [6.45, 7) is 2.15. The summed E-state index contributed by atoms with van der Waals surface area (Å²) in [5.74, 6) is -0.776. The van der Waals surface area contributed by atoms with Gasteiger partial charge in [0, 0.05) is 31.2 Å². The fourth-order valence-corrected chi connectivity index (χ4v) is 1.84. The van der Waals surface area contributed by atoms with Crippen LogP contribution in [-0.4, -0.2) is 41.7 Å². The van der Waals surface area contributed by atoms with Gasteiger partial charge < -0.3 is 15.7 Å². The van der Waals surface area contributed by atoms with E-state index in [1.54, 1.807) is 0 Å². The van der Waals surface area contributed by atoms with Crippen LogP contribution in [0.15, 0.2) is 42.6 Å². The lowest BCUT2D eigenvalue weighted by Gasteiger charge is -2.20. The second kappa shape index (κ2) is 6.82. The Labute approximate surface area is 111 Å². The number of piperazine rings is 1. The van der Waals surface area contributed by atoms with Crippen LogP contribution in [0.4, 0.5) is 0 Å². The van der Waals surface area contributed by atoms with Crippen LogP contribution in [0.25, 0.3) is 10.9 Å². The number of carboxylic acid groups (broad SMARTS) is 1. The summed E-state index contributed by atoms with van der Waals surface area (Å²) in [7, 11) is 0. The molecule has 5 heteroatoms. The van der Waals surface area contributed by atoms with Gasteiger partial charge in [0.05, 0.1) is 5.52 Å². The third-order valence-corrected chi connectivity index (χ3v) is 2.85. The third kappa shape index (κ3) is 4.01. The predicted molar refractivity (Wildman–Crippen MR) is 74.0 cm³/mol. The van der Waals surface area contributed by atoms with E-state index in [0.717, 1.165) is 18.6 Å². The number of hydrogen-bond acceptors (Lipinski definition) is 4. The molecule has 1 unspecified atom stereocenters. The molecule has 0 amide bonds. The van der Waals surface area contributed by atoms with E-state index in [0.29, 0.717) is 6.54 Å². The molecule has 3 rings (SSSR count). The highest BCUT2D eigenvalue weighted by Crippen LogP contribution is 2.07. The van der Waals surface area contributed by atoms with Crippen molar-refractivity contribution >= 4 is 16.9 Å². The van der Waals surface area contributed by atoms with Gasteiger partial charge in [0.1, 0.15) is 6.04 Å². The fourth-order valence-electron chi connectivity index (χ4n) is 1.84. The second-order valence-corrected chi connectivity index (χ2v) is 4.25. The van der Waals surface area contributed by atoms with Crippen LogP contribution in [0.1, 0.15) is 0 Å². The Morgan fingerprint density at radius 1 is 1.21 bits per heavy atom. The summed E-state index contributed by atoms with van der Waals surface area (Å²) in [5, 5.41) is 15.5. The van der Waals surface area contributed by atoms with E-state index in [1.807, 2.05) is 30.5 Å². The molecule has 1 saturated heterocycles. The summed E-state index contributed by atoms with van der Waals surface area (Å²) in [4.78, 5) is 14.4. The van der Waals surface area contributed by atoms with Gasteiger partial charge in [-0.15, -0.1) is 0 Å². The third-order valence-electron chi connectivity index (χ3n) is 2.85. The summed E-state index contributed by atoms with van der Waals surface area (Å²) in [6.07, 6.45) is 1.81. The van der Waals surface area contributed by atoms with Gasteiger partial charge in [0.15, 0.2) is 0 Å². The molecular weight excluding hydrogens is 242 g/mol. The van der Waals surface area contributed by atoms with Gasteiger partial charge in [0.2, 0.25) is 0 Å². The molecule has 0 spiro atoms. The van der Waals surface area contributed by atoms with Crippen molar-refractivity contribution in [3.05, 3.63) is 42.6 Å². The topological polar surface area (TPSA) is 74.2 Å². The van der Waals surface area contributed by atoms with E-state index in [1.165, 1.54) is 5.39 Å². The first-order valence-electron chi connectivity index (χ1n) is 6.24.